The maximum Gasteiger partial charge on any atom is 0.326 e. The zero-order valence-corrected chi connectivity index (χ0v) is 61.0. The molecule has 38 heteroatoms. The van der Waals surface area contributed by atoms with Crippen molar-refractivity contribution in [2.24, 2.45) is 40.9 Å². The fraction of sp³-hybridized carbons (Fsp3) is 0.746. The van der Waals surface area contributed by atoms with Crippen LogP contribution in [0.15, 0.2) is 0 Å². The Kier molecular flexibility index (Phi) is 42.6. The van der Waals surface area contributed by atoms with Crippen LogP contribution in [0.5, 0.6) is 0 Å². The minimum Gasteiger partial charge on any atom is -0.481 e. The molecule has 1 heterocycles. The van der Waals surface area contributed by atoms with Crippen molar-refractivity contribution in [3.8, 4) is 0 Å². The van der Waals surface area contributed by atoms with Crippen LogP contribution in [0.25, 0.3) is 0 Å². The second-order valence-electron chi connectivity index (χ2n) is 26.4. The number of carboxylic acid groups (broad SMARTS) is 2. The van der Waals surface area contributed by atoms with Gasteiger partial charge in [-0.15, -0.1) is 0 Å². The molecule has 1 saturated heterocycles. The van der Waals surface area contributed by atoms with Crippen LogP contribution in [0.2, 0.25) is 0 Å². The average Bonchev–Trinajstić information content (AvgIpc) is 1.75. The van der Waals surface area contributed by atoms with Gasteiger partial charge in [-0.25, -0.2) is 4.79 Å². The molecule has 1 fully saturated rings. The quantitative estimate of drug-likeness (QED) is 0.0200. The second kappa shape index (κ2) is 47.3. The molecule has 1 aliphatic heterocycles. The summed E-state index contributed by atoms with van der Waals surface area (Å²) in [5, 5.41) is 67.9. The minimum absolute atomic E-state index is 0.00428. The van der Waals surface area contributed by atoms with Crippen molar-refractivity contribution < 1.29 is 97.1 Å². The summed E-state index contributed by atoms with van der Waals surface area (Å²) >= 11 is 5.60. The van der Waals surface area contributed by atoms with Crippen LogP contribution in [0, 0.1) is 23.7 Å². The van der Waals surface area contributed by atoms with Crippen LogP contribution in [-0.4, -0.2) is 249 Å². The lowest BCUT2D eigenvalue weighted by Gasteiger charge is -2.32. The Balaban J connectivity index is 3.42. The summed E-state index contributed by atoms with van der Waals surface area (Å²) in [6, 6.07) is -18.1. The molecule has 0 bridgehead atoms. The number of aliphatic hydroxyl groups excluding tert-OH is 2. The van der Waals surface area contributed by atoms with Gasteiger partial charge in [0, 0.05) is 25.1 Å². The molecular formula is C63H110N16O20S2. The summed E-state index contributed by atoms with van der Waals surface area (Å²) in [5.41, 5.74) is 16.5. The first-order chi connectivity index (χ1) is 47.4. The normalized spacial score (nSPS) is 16.4. The standard InChI is InChI=1S/C63H110N16O20S2/c1-31(2)24-41(73-54(89)38(16-18-47(66)82)69-48(83)27-67-51(86)35(9)68-58(93)44(29-81)76-52(87)36(65)28-80)57(92)78-50(34(7)8)61(96)74-42(25-32(3)4)62(97)79-22-13-15-46(79)60(95)72-39(17-19-49(84)85)55(90)77-45(30-100)59(94)71-40(20-23-101-10)56(91)70-37(14-11-12-21-64)53(88)75-43(63(98)99)26-33(5)6/h31-46,50,80-81,100H,11-30,64-65H2,1-10H3,(H2,66,82)(H,67,86)(H,68,93)(H,69,83)(H,70,91)(H,71,94)(H,72,95)(H,73,89)(H,74,96)(H,75,88)(H,76,87)(H,77,90)(H,78,92)(H,84,85)(H,98,99)/t35-,36-,37-,38-,39-,40-,41-,42-,43-,44-,45-,46-,50-/m0/s1. The number of unbranched alkanes of at least 4 members (excludes halogenated alkanes) is 1. The summed E-state index contributed by atoms with van der Waals surface area (Å²) in [4.78, 5) is 215. The second-order valence-corrected chi connectivity index (χ2v) is 27.7. The molecule has 0 saturated carbocycles. The predicted octanol–water partition coefficient (Wildman–Crippen LogP) is -5.42. The highest BCUT2D eigenvalue weighted by Gasteiger charge is 2.42. The molecule has 574 valence electrons. The number of thioether (sulfide) groups is 1. The van der Waals surface area contributed by atoms with Crippen LogP contribution in [0.3, 0.4) is 0 Å². The first-order valence-electron chi connectivity index (χ1n) is 33.8. The number of aliphatic hydroxyl groups is 2. The Labute approximate surface area is 598 Å². The fourth-order valence-electron chi connectivity index (χ4n) is 10.3. The number of primary amides is 1. The number of carbonyl (C=O) groups excluding carboxylic acids is 14. The molecule has 22 N–H and O–H groups in total. The van der Waals surface area contributed by atoms with E-state index in [1.54, 1.807) is 61.6 Å². The molecule has 0 spiro atoms. The van der Waals surface area contributed by atoms with E-state index in [9.17, 15) is 92.0 Å². The van der Waals surface area contributed by atoms with Gasteiger partial charge in [0.25, 0.3) is 0 Å². The molecule has 0 aromatic rings. The first-order valence-corrected chi connectivity index (χ1v) is 35.8. The number of aliphatic carboxylic acids is 2. The van der Waals surface area contributed by atoms with E-state index in [-0.39, 0.29) is 88.0 Å². The van der Waals surface area contributed by atoms with Gasteiger partial charge < -0.3 is 106 Å². The third-order valence-corrected chi connectivity index (χ3v) is 16.9. The molecule has 0 unspecified atom stereocenters. The Morgan fingerprint density at radius 3 is 1.49 bits per heavy atom. The Morgan fingerprint density at radius 2 is 0.980 bits per heavy atom. The lowest BCUT2D eigenvalue weighted by molar-refractivity contribution is -0.143. The number of nitrogens with two attached hydrogens (primary N) is 3. The van der Waals surface area contributed by atoms with Crippen molar-refractivity contribution in [3.63, 3.8) is 0 Å². The summed E-state index contributed by atoms with van der Waals surface area (Å²) in [6.07, 6.45) is 1.15. The van der Waals surface area contributed by atoms with E-state index < -0.39 is 218 Å². The van der Waals surface area contributed by atoms with Gasteiger partial charge >= 0.3 is 11.9 Å². The van der Waals surface area contributed by atoms with Gasteiger partial charge in [-0.05, 0) is 120 Å². The average molecular weight is 1480 g/mol. The number of nitrogens with zero attached hydrogens (tertiary/aromatic N) is 1. The number of rotatable bonds is 49. The molecule has 13 atom stereocenters. The van der Waals surface area contributed by atoms with Crippen LogP contribution in [0.4, 0.5) is 0 Å². The highest BCUT2D eigenvalue weighted by molar-refractivity contribution is 7.98. The SMILES string of the molecule is CSCC[C@H](NC(=O)[C@H](CS)NC(=O)[C@H](CCC(=O)O)NC(=O)[C@@H]1CCCN1C(=O)[C@H](CC(C)C)NC(=O)[C@@H](NC(=O)[C@H](CC(C)C)NC(=O)[C@H](CCC(N)=O)NC(=O)CNC(=O)[C@H](C)NC(=O)[C@H](CO)NC(=O)[C@@H](N)CO)C(C)C)C(=O)N[C@@H](CCCCN)C(=O)N[C@@H](CC(C)C)C(=O)O. The molecular weight excluding hydrogens is 1360 g/mol. The lowest BCUT2D eigenvalue weighted by Crippen LogP contribution is -2.61. The zero-order chi connectivity index (χ0) is 77.0. The predicted molar refractivity (Wildman–Crippen MR) is 373 cm³/mol. The number of hydrogen-bond acceptors (Lipinski definition) is 22. The largest absolute Gasteiger partial charge is 0.481 e. The maximum atomic E-state index is 14.7. The molecule has 1 rings (SSSR count). The Hall–Kier alpha value is -7.94. The summed E-state index contributed by atoms with van der Waals surface area (Å²) in [7, 11) is 0. The summed E-state index contributed by atoms with van der Waals surface area (Å²) in [6.45, 7) is 12.8. The first kappa shape index (κ1) is 91.1. The zero-order valence-electron chi connectivity index (χ0n) is 59.3. The van der Waals surface area contributed by atoms with Crippen molar-refractivity contribution in [1.29, 1.82) is 0 Å². The fourth-order valence-corrected chi connectivity index (χ4v) is 11.1. The molecule has 0 radical (unpaired) electrons. The van der Waals surface area contributed by atoms with Gasteiger partial charge in [-0.1, -0.05) is 55.4 Å². The van der Waals surface area contributed by atoms with E-state index >= 15 is 0 Å². The monoisotopic (exact) mass is 1470 g/mol. The highest BCUT2D eigenvalue weighted by Crippen LogP contribution is 2.22. The number of thiol groups is 1. The van der Waals surface area contributed by atoms with E-state index in [2.05, 4.69) is 76.4 Å². The molecule has 0 aliphatic carbocycles. The molecule has 36 nitrogen and oxygen atoms in total. The van der Waals surface area contributed by atoms with E-state index in [1.165, 1.54) is 23.6 Å². The van der Waals surface area contributed by atoms with Crippen LogP contribution in [0.1, 0.15) is 146 Å². The van der Waals surface area contributed by atoms with Crippen LogP contribution >= 0.6 is 24.4 Å². The molecule has 0 aromatic carbocycles. The van der Waals surface area contributed by atoms with Crippen molar-refractivity contribution in [2.75, 3.05) is 50.6 Å². The van der Waals surface area contributed by atoms with Gasteiger partial charge in [0.05, 0.1) is 19.8 Å². The summed E-state index contributed by atoms with van der Waals surface area (Å²) in [5.74, 6) is -16.5. The van der Waals surface area contributed by atoms with E-state index in [4.69, 9.17) is 22.3 Å². The van der Waals surface area contributed by atoms with Gasteiger partial charge in [0.1, 0.15) is 78.5 Å². The molecule has 14 amide bonds. The Bertz CT molecular complexity index is 2820. The lowest BCUT2D eigenvalue weighted by atomic mass is 9.98. The number of likely N-dealkylation sites (tertiary alicyclic amines) is 1. The van der Waals surface area contributed by atoms with Gasteiger partial charge in [-0.2, -0.15) is 24.4 Å². The van der Waals surface area contributed by atoms with E-state index in [1.807, 2.05) is 0 Å². The maximum absolute atomic E-state index is 14.7. The number of carboxylic acids is 2. The molecule has 0 aromatic heterocycles. The minimum atomic E-state index is -1.62. The van der Waals surface area contributed by atoms with Crippen molar-refractivity contribution in [2.45, 2.75) is 224 Å². The van der Waals surface area contributed by atoms with Crippen molar-refractivity contribution >= 4 is 119 Å². The number of nitrogens with one attached hydrogen (secondary N) is 12. The third-order valence-electron chi connectivity index (χ3n) is 15.8. The van der Waals surface area contributed by atoms with Crippen molar-refractivity contribution in [1.82, 2.24) is 68.7 Å². The Morgan fingerprint density at radius 1 is 0.515 bits per heavy atom. The third kappa shape index (κ3) is 34.1. The summed E-state index contributed by atoms with van der Waals surface area (Å²) < 4.78 is 0. The van der Waals surface area contributed by atoms with Gasteiger partial charge in [-0.3, -0.25) is 71.9 Å². The van der Waals surface area contributed by atoms with Crippen LogP contribution < -0.4 is 81.0 Å². The van der Waals surface area contributed by atoms with E-state index in [0.717, 1.165) is 0 Å². The van der Waals surface area contributed by atoms with Gasteiger partial charge in [0.2, 0.25) is 82.7 Å². The highest BCUT2D eigenvalue weighted by atomic mass is 32.2. The van der Waals surface area contributed by atoms with Crippen molar-refractivity contribution in [3.05, 3.63) is 0 Å². The number of amides is 14. The van der Waals surface area contributed by atoms with E-state index in [0.29, 0.717) is 18.6 Å². The number of carbonyl (C=O) groups is 16. The number of hydrogen-bond donors (Lipinski definition) is 20. The molecule has 101 heavy (non-hydrogen) atoms. The topological polar surface area (TPSA) is 580 Å². The smallest absolute Gasteiger partial charge is 0.326 e. The molecule has 1 aliphatic rings. The van der Waals surface area contributed by atoms with Gasteiger partial charge in [0.15, 0.2) is 0 Å². The van der Waals surface area contributed by atoms with Crippen LogP contribution in [-0.2, 0) is 76.7 Å².